The Bertz CT molecular complexity index is 1420. The quantitative estimate of drug-likeness (QED) is 0.570. The largest absolute Gasteiger partial charge is 0.382 e. The van der Waals surface area contributed by atoms with E-state index in [1.807, 2.05) is 6.20 Å². The minimum Gasteiger partial charge on any atom is -0.382 e. The van der Waals surface area contributed by atoms with Crippen LogP contribution in [-0.4, -0.2) is 92.8 Å². The molecule has 7 rings (SSSR count). The Balaban J connectivity index is 1.20. The molecule has 1 aromatic carbocycles. The molecule has 8 heteroatoms. The van der Waals surface area contributed by atoms with Crippen molar-refractivity contribution in [2.45, 2.75) is 43.8 Å². The van der Waals surface area contributed by atoms with Crippen LogP contribution >= 0.6 is 0 Å². The van der Waals surface area contributed by atoms with Gasteiger partial charge in [-0.2, -0.15) is 0 Å². The monoisotopic (exact) mass is 508 g/mol. The Kier molecular flexibility index (Phi) is 5.82. The van der Waals surface area contributed by atoms with Gasteiger partial charge in [0.1, 0.15) is 23.0 Å². The van der Waals surface area contributed by atoms with Crippen molar-refractivity contribution in [1.82, 2.24) is 29.1 Å². The number of amidine groups is 1. The number of aliphatic imine (C=N–C) groups is 1. The fraction of sp³-hybridized carbons (Fsp3) is 0.433. The molecule has 2 aromatic heterocycles. The molecule has 0 radical (unpaired) electrons. The number of likely N-dealkylation sites (N-methyl/N-ethyl adjacent to an activating group) is 2. The third-order valence-electron chi connectivity index (χ3n) is 8.87. The zero-order chi connectivity index (χ0) is 25.8. The van der Waals surface area contributed by atoms with E-state index in [2.05, 4.69) is 86.6 Å². The number of nitrogens with two attached hydrogens (primary N) is 1. The Morgan fingerprint density at radius 2 is 1.84 bits per heavy atom. The summed E-state index contributed by atoms with van der Waals surface area (Å²) in [7, 11) is 2.22. The van der Waals surface area contributed by atoms with E-state index in [1.165, 1.54) is 13.1 Å². The maximum absolute atomic E-state index is 6.47. The van der Waals surface area contributed by atoms with E-state index in [0.29, 0.717) is 17.8 Å². The molecule has 0 spiro atoms. The third kappa shape index (κ3) is 3.85. The molecule has 2 atom stereocenters. The van der Waals surface area contributed by atoms with Crippen LogP contribution in [0.5, 0.6) is 0 Å². The van der Waals surface area contributed by atoms with Crippen LogP contribution in [0, 0.1) is 0 Å². The molecule has 2 unspecified atom stereocenters. The lowest BCUT2D eigenvalue weighted by atomic mass is 9.78. The normalized spacial score (nSPS) is 27.8. The second-order valence-electron chi connectivity index (χ2n) is 11.1. The van der Waals surface area contributed by atoms with Crippen molar-refractivity contribution in [1.29, 1.82) is 0 Å². The van der Waals surface area contributed by atoms with Gasteiger partial charge in [0.05, 0.1) is 17.8 Å². The van der Waals surface area contributed by atoms with E-state index >= 15 is 0 Å². The molecule has 196 valence electrons. The average Bonchev–Trinajstić information content (AvgIpc) is 3.48. The summed E-state index contributed by atoms with van der Waals surface area (Å²) in [6.45, 7) is 7.76. The fourth-order valence-corrected chi connectivity index (χ4v) is 6.62. The van der Waals surface area contributed by atoms with E-state index in [1.54, 1.807) is 6.20 Å². The maximum atomic E-state index is 6.47. The summed E-state index contributed by atoms with van der Waals surface area (Å²) in [5, 5.41) is 0. The van der Waals surface area contributed by atoms with Gasteiger partial charge in [0, 0.05) is 68.2 Å². The van der Waals surface area contributed by atoms with Gasteiger partial charge in [0.25, 0.3) is 0 Å². The summed E-state index contributed by atoms with van der Waals surface area (Å²) in [5.74, 6) is 3.14. The highest BCUT2D eigenvalue weighted by atomic mass is 15.3. The van der Waals surface area contributed by atoms with Gasteiger partial charge >= 0.3 is 0 Å². The summed E-state index contributed by atoms with van der Waals surface area (Å²) >= 11 is 0. The number of aromatic nitrogens is 3. The van der Waals surface area contributed by atoms with Crippen LogP contribution in [0.4, 0.5) is 5.82 Å². The number of nitrogen functional groups attached to an aromatic ring is 1. The molecular weight excluding hydrogens is 472 g/mol. The summed E-state index contributed by atoms with van der Waals surface area (Å²) in [6, 6.07) is 11.4. The standard InChI is InChI=1S/C30H36N8/c1-3-37-25-10-9-21(19-24(25)33-29(37)20-7-5-4-6-8-20)26-27-28(31)32-11-12-38(27)30(34-26)22-17-23(18-22)36-15-13-35(2)14-16-36/h4-12,19,22-25H,3,13-18H2,1-2H3,(H2,31,32). The highest BCUT2D eigenvalue weighted by molar-refractivity contribution is 6.01. The van der Waals surface area contributed by atoms with Crippen molar-refractivity contribution in [2.24, 2.45) is 4.99 Å². The van der Waals surface area contributed by atoms with E-state index in [-0.39, 0.29) is 12.1 Å². The summed E-state index contributed by atoms with van der Waals surface area (Å²) in [4.78, 5) is 22.3. The van der Waals surface area contributed by atoms with Crippen molar-refractivity contribution in [3.63, 3.8) is 0 Å². The number of nitrogens with zero attached hydrogens (tertiary/aromatic N) is 7. The lowest BCUT2D eigenvalue weighted by Gasteiger charge is -2.45. The van der Waals surface area contributed by atoms with Crippen molar-refractivity contribution in [3.8, 4) is 0 Å². The lowest BCUT2D eigenvalue weighted by Crippen LogP contribution is -2.52. The zero-order valence-corrected chi connectivity index (χ0v) is 22.2. The molecule has 2 fully saturated rings. The van der Waals surface area contributed by atoms with E-state index in [9.17, 15) is 0 Å². The number of rotatable bonds is 5. The van der Waals surface area contributed by atoms with E-state index in [0.717, 1.165) is 66.5 Å². The number of allylic oxidation sites excluding steroid dienone is 2. The molecule has 2 aliphatic carbocycles. The van der Waals surface area contributed by atoms with Crippen molar-refractivity contribution >= 4 is 22.7 Å². The molecule has 1 saturated heterocycles. The van der Waals surface area contributed by atoms with Crippen LogP contribution in [0.3, 0.4) is 0 Å². The highest BCUT2D eigenvalue weighted by Crippen LogP contribution is 2.42. The Morgan fingerprint density at radius 1 is 1.05 bits per heavy atom. The van der Waals surface area contributed by atoms with Crippen LogP contribution in [0.2, 0.25) is 0 Å². The van der Waals surface area contributed by atoms with Crippen molar-refractivity contribution in [3.05, 3.63) is 78.0 Å². The predicted molar refractivity (Wildman–Crippen MR) is 152 cm³/mol. The van der Waals surface area contributed by atoms with Crippen LogP contribution in [0.15, 0.2) is 65.9 Å². The molecule has 0 bridgehead atoms. The van der Waals surface area contributed by atoms with Gasteiger partial charge < -0.3 is 15.5 Å². The van der Waals surface area contributed by atoms with E-state index < -0.39 is 0 Å². The third-order valence-corrected chi connectivity index (χ3v) is 8.87. The molecule has 4 heterocycles. The van der Waals surface area contributed by atoms with Crippen LogP contribution < -0.4 is 5.73 Å². The maximum Gasteiger partial charge on any atom is 0.150 e. The van der Waals surface area contributed by atoms with Gasteiger partial charge in [-0.05, 0) is 32.9 Å². The molecule has 2 aliphatic heterocycles. The molecule has 3 aromatic rings. The van der Waals surface area contributed by atoms with E-state index in [4.69, 9.17) is 15.7 Å². The summed E-state index contributed by atoms with van der Waals surface area (Å²) < 4.78 is 2.19. The molecule has 4 aliphatic rings. The number of anilines is 1. The fourth-order valence-electron chi connectivity index (χ4n) is 6.62. The number of hydrogen-bond acceptors (Lipinski definition) is 7. The Morgan fingerprint density at radius 3 is 2.61 bits per heavy atom. The Hall–Kier alpha value is -3.49. The van der Waals surface area contributed by atoms with Gasteiger partial charge in [-0.15, -0.1) is 0 Å². The molecule has 2 N–H and O–H groups in total. The molecule has 8 nitrogen and oxygen atoms in total. The lowest BCUT2D eigenvalue weighted by molar-refractivity contribution is 0.0586. The molecule has 38 heavy (non-hydrogen) atoms. The predicted octanol–water partition coefficient (Wildman–Crippen LogP) is 3.28. The number of hydrogen-bond donors (Lipinski definition) is 1. The molecule has 0 amide bonds. The Labute approximate surface area is 224 Å². The summed E-state index contributed by atoms with van der Waals surface area (Å²) in [6.07, 6.45) is 12.9. The van der Waals surface area contributed by atoms with Gasteiger partial charge in [-0.3, -0.25) is 14.3 Å². The van der Waals surface area contributed by atoms with Gasteiger partial charge in [-0.25, -0.2) is 9.97 Å². The second kappa shape index (κ2) is 9.36. The minimum absolute atomic E-state index is 0.0496. The van der Waals surface area contributed by atoms with Gasteiger partial charge in [-0.1, -0.05) is 42.5 Å². The number of piperazine rings is 1. The zero-order valence-electron chi connectivity index (χ0n) is 22.2. The van der Waals surface area contributed by atoms with Crippen LogP contribution in [0.25, 0.3) is 11.1 Å². The first-order valence-corrected chi connectivity index (χ1v) is 14.0. The first-order chi connectivity index (χ1) is 18.6. The minimum atomic E-state index is 0.0496. The summed E-state index contributed by atoms with van der Waals surface area (Å²) in [5.41, 5.74) is 10.6. The first kappa shape index (κ1) is 23.6. The smallest absolute Gasteiger partial charge is 0.150 e. The van der Waals surface area contributed by atoms with Crippen LogP contribution in [-0.2, 0) is 0 Å². The number of fused-ring (bicyclic) bond motifs is 2. The van der Waals surface area contributed by atoms with Gasteiger partial charge in [0.2, 0.25) is 0 Å². The van der Waals surface area contributed by atoms with Gasteiger partial charge in [0.15, 0.2) is 0 Å². The van der Waals surface area contributed by atoms with Crippen LogP contribution in [0.1, 0.15) is 42.8 Å². The highest BCUT2D eigenvalue weighted by Gasteiger charge is 2.39. The molecular formula is C30H36N8. The number of benzene rings is 1. The first-order valence-electron chi connectivity index (χ1n) is 14.0. The molecule has 1 saturated carbocycles. The topological polar surface area (TPSA) is 78.3 Å². The second-order valence-corrected chi connectivity index (χ2v) is 11.1. The average molecular weight is 509 g/mol. The number of imidazole rings is 1. The van der Waals surface area contributed by atoms with Crippen molar-refractivity contribution in [2.75, 3.05) is 45.5 Å². The SMILES string of the molecule is CCN1C(c2ccccc2)=NC2C=C(c3nc(C4CC(N5CCN(C)CC5)C4)n4ccnc(N)c34)C=CC21. The van der Waals surface area contributed by atoms with Crippen molar-refractivity contribution < 1.29 is 0 Å².